The van der Waals surface area contributed by atoms with Gasteiger partial charge in [-0.3, -0.25) is 4.79 Å². The van der Waals surface area contributed by atoms with Gasteiger partial charge in [0.05, 0.1) is 7.11 Å². The fraction of sp³-hybridized carbons (Fsp3) is 0.500. The van der Waals surface area contributed by atoms with Crippen molar-refractivity contribution in [3.8, 4) is 0 Å². The summed E-state index contributed by atoms with van der Waals surface area (Å²) in [7, 11) is 1.39. The average Bonchev–Trinajstić information content (AvgIpc) is 1.91. The maximum Gasteiger partial charge on any atom is 0.298 e. The second-order valence-electron chi connectivity index (χ2n) is 1.56. The Kier molecular flexibility index (Phi) is 4.32. The van der Waals surface area contributed by atoms with Crippen LogP contribution in [0.2, 0.25) is 0 Å². The van der Waals surface area contributed by atoms with Crippen molar-refractivity contribution < 1.29 is 19.4 Å². The smallest absolute Gasteiger partial charge is 0.298 e. The zero-order chi connectivity index (χ0) is 7.98. The third-order valence-electron chi connectivity index (χ3n) is 1.01. The van der Waals surface area contributed by atoms with Crippen molar-refractivity contribution in [1.82, 2.24) is 0 Å². The molecule has 0 heterocycles. The highest BCUT2D eigenvalue weighted by atomic mass is 16.5. The van der Waals surface area contributed by atoms with Gasteiger partial charge in [-0.05, 0) is 6.92 Å². The van der Waals surface area contributed by atoms with Crippen molar-refractivity contribution in [1.29, 1.82) is 0 Å². The molecule has 0 aliphatic carbocycles. The first-order valence-corrected chi connectivity index (χ1v) is 2.71. The quantitative estimate of drug-likeness (QED) is 0.449. The minimum atomic E-state index is -0.268. The van der Waals surface area contributed by atoms with Gasteiger partial charge in [0.1, 0.15) is 12.4 Å². The van der Waals surface area contributed by atoms with Crippen molar-refractivity contribution in [3.05, 3.63) is 11.5 Å². The van der Waals surface area contributed by atoms with Crippen LogP contribution in [0.15, 0.2) is 11.5 Å². The molecule has 1 N–H and O–H groups in total. The number of hydrogen-bond donors (Lipinski definition) is 1. The van der Waals surface area contributed by atoms with Gasteiger partial charge in [0.25, 0.3) is 6.47 Å². The van der Waals surface area contributed by atoms with E-state index in [0.717, 1.165) is 0 Å². The minimum absolute atomic E-state index is 0.257. The lowest BCUT2D eigenvalue weighted by molar-refractivity contribution is -0.125. The third-order valence-corrected chi connectivity index (χ3v) is 1.01. The SMILES string of the molecule is CO/C(CO)=C(/C)OC=O. The van der Waals surface area contributed by atoms with E-state index in [9.17, 15) is 4.79 Å². The summed E-state index contributed by atoms with van der Waals surface area (Å²) >= 11 is 0. The Labute approximate surface area is 59.1 Å². The molecule has 0 fully saturated rings. The van der Waals surface area contributed by atoms with Crippen molar-refractivity contribution >= 4 is 6.47 Å². The standard InChI is InChI=1S/C6H10O4/c1-5(10-4-8)6(3-7)9-2/h4,7H,3H2,1-2H3/b6-5-. The molecule has 0 aliphatic heterocycles. The molecule has 0 amide bonds. The molecule has 4 heteroatoms. The maximum absolute atomic E-state index is 9.76. The van der Waals surface area contributed by atoms with Crippen molar-refractivity contribution in [2.24, 2.45) is 0 Å². The Bertz CT molecular complexity index is 133. The van der Waals surface area contributed by atoms with E-state index in [1.54, 1.807) is 0 Å². The third kappa shape index (κ3) is 2.50. The Morgan fingerprint density at radius 3 is 2.60 bits per heavy atom. The highest BCUT2D eigenvalue weighted by Crippen LogP contribution is 2.03. The second kappa shape index (κ2) is 4.81. The molecular weight excluding hydrogens is 136 g/mol. The number of aliphatic hydroxyl groups is 1. The summed E-state index contributed by atoms with van der Waals surface area (Å²) in [6.45, 7) is 1.55. The number of rotatable bonds is 4. The number of allylic oxidation sites excluding steroid dienone is 1. The number of carbonyl (C=O) groups excluding carboxylic acids is 1. The summed E-state index contributed by atoms with van der Waals surface area (Å²) in [5.74, 6) is 0.534. The van der Waals surface area contributed by atoms with Crippen LogP contribution in [0.4, 0.5) is 0 Å². The molecule has 0 aromatic rings. The summed E-state index contributed by atoms with van der Waals surface area (Å²) in [4.78, 5) is 9.76. The molecule has 0 saturated heterocycles. The van der Waals surface area contributed by atoms with Gasteiger partial charge >= 0.3 is 0 Å². The number of aliphatic hydroxyl groups excluding tert-OH is 1. The predicted octanol–water partition coefficient (Wildman–Crippen LogP) is 0.0296. The van der Waals surface area contributed by atoms with Crippen LogP contribution < -0.4 is 0 Å². The van der Waals surface area contributed by atoms with E-state index in [1.807, 2.05) is 0 Å². The first-order chi connectivity index (χ1) is 4.76. The van der Waals surface area contributed by atoms with E-state index in [0.29, 0.717) is 0 Å². The zero-order valence-corrected chi connectivity index (χ0v) is 5.96. The van der Waals surface area contributed by atoms with Crippen LogP contribution in [-0.4, -0.2) is 25.3 Å². The van der Waals surface area contributed by atoms with Crippen LogP contribution in [0.5, 0.6) is 0 Å². The molecule has 0 radical (unpaired) electrons. The molecule has 0 aromatic heterocycles. The maximum atomic E-state index is 9.76. The Morgan fingerprint density at radius 1 is 1.70 bits per heavy atom. The molecule has 4 nitrogen and oxygen atoms in total. The summed E-state index contributed by atoms with van der Waals surface area (Å²) in [5, 5.41) is 8.54. The largest absolute Gasteiger partial charge is 0.495 e. The Hall–Kier alpha value is -1.03. The van der Waals surface area contributed by atoms with E-state index in [4.69, 9.17) is 5.11 Å². The highest BCUT2D eigenvalue weighted by Gasteiger charge is 2.00. The molecule has 58 valence electrons. The van der Waals surface area contributed by atoms with Crippen LogP contribution in [0.3, 0.4) is 0 Å². The topological polar surface area (TPSA) is 55.8 Å². The van der Waals surface area contributed by atoms with E-state index in [2.05, 4.69) is 9.47 Å². The van der Waals surface area contributed by atoms with Crippen molar-refractivity contribution in [2.75, 3.05) is 13.7 Å². The average molecular weight is 146 g/mol. The van der Waals surface area contributed by atoms with E-state index >= 15 is 0 Å². The van der Waals surface area contributed by atoms with Crippen LogP contribution in [0, 0.1) is 0 Å². The molecule has 10 heavy (non-hydrogen) atoms. The monoisotopic (exact) mass is 146 g/mol. The lowest BCUT2D eigenvalue weighted by Gasteiger charge is -2.04. The number of ether oxygens (including phenoxy) is 2. The van der Waals surface area contributed by atoms with Gasteiger partial charge in [0.2, 0.25) is 0 Å². The fourth-order valence-electron chi connectivity index (χ4n) is 0.458. The minimum Gasteiger partial charge on any atom is -0.495 e. The van der Waals surface area contributed by atoms with Crippen LogP contribution >= 0.6 is 0 Å². The summed E-state index contributed by atoms with van der Waals surface area (Å²) in [6.07, 6.45) is 0. The fourth-order valence-corrected chi connectivity index (χ4v) is 0.458. The molecule has 0 saturated carbocycles. The number of carbonyl (C=O) groups is 1. The molecule has 0 bridgehead atoms. The van der Waals surface area contributed by atoms with Gasteiger partial charge in [0.15, 0.2) is 5.76 Å². The Morgan fingerprint density at radius 2 is 2.30 bits per heavy atom. The van der Waals surface area contributed by atoms with E-state index < -0.39 is 0 Å². The van der Waals surface area contributed by atoms with Crippen LogP contribution in [0.25, 0.3) is 0 Å². The highest BCUT2D eigenvalue weighted by molar-refractivity contribution is 5.39. The summed E-state index contributed by atoms with van der Waals surface area (Å²) in [5.41, 5.74) is 0. The summed E-state index contributed by atoms with van der Waals surface area (Å²) in [6, 6.07) is 0. The van der Waals surface area contributed by atoms with Crippen molar-refractivity contribution in [3.63, 3.8) is 0 Å². The molecule has 0 spiro atoms. The van der Waals surface area contributed by atoms with Crippen LogP contribution in [0.1, 0.15) is 6.92 Å². The first-order valence-electron chi connectivity index (χ1n) is 2.71. The molecular formula is C6H10O4. The predicted molar refractivity (Wildman–Crippen MR) is 33.9 cm³/mol. The second-order valence-corrected chi connectivity index (χ2v) is 1.56. The van der Waals surface area contributed by atoms with E-state index in [-0.39, 0.29) is 24.6 Å². The van der Waals surface area contributed by atoms with Gasteiger partial charge in [-0.25, -0.2) is 0 Å². The molecule has 0 atom stereocenters. The van der Waals surface area contributed by atoms with Crippen molar-refractivity contribution in [2.45, 2.75) is 6.92 Å². The Balaban J connectivity index is 4.11. The van der Waals surface area contributed by atoms with Gasteiger partial charge in [-0.1, -0.05) is 0 Å². The zero-order valence-electron chi connectivity index (χ0n) is 5.96. The van der Waals surface area contributed by atoms with Gasteiger partial charge in [-0.2, -0.15) is 0 Å². The van der Waals surface area contributed by atoms with Gasteiger partial charge in [0, 0.05) is 0 Å². The summed E-state index contributed by atoms with van der Waals surface area (Å²) < 4.78 is 9.06. The number of hydrogen-bond acceptors (Lipinski definition) is 4. The normalized spacial score (nSPS) is 11.9. The number of methoxy groups -OCH3 is 1. The molecule has 0 aliphatic rings. The lowest BCUT2D eigenvalue weighted by atomic mass is 10.4. The van der Waals surface area contributed by atoms with Crippen LogP contribution in [-0.2, 0) is 14.3 Å². The lowest BCUT2D eigenvalue weighted by Crippen LogP contribution is -1.99. The van der Waals surface area contributed by atoms with Gasteiger partial charge in [-0.15, -0.1) is 0 Å². The molecule has 0 aromatic carbocycles. The molecule has 0 rings (SSSR count). The van der Waals surface area contributed by atoms with Gasteiger partial charge < -0.3 is 14.6 Å². The van der Waals surface area contributed by atoms with E-state index in [1.165, 1.54) is 14.0 Å². The molecule has 0 unspecified atom stereocenters. The first kappa shape index (κ1) is 8.97.